The van der Waals surface area contributed by atoms with Crippen molar-refractivity contribution in [3.8, 4) is 0 Å². The van der Waals surface area contributed by atoms with Crippen LogP contribution in [0.25, 0.3) is 0 Å². The van der Waals surface area contributed by atoms with Crippen molar-refractivity contribution < 1.29 is 13.2 Å². The van der Waals surface area contributed by atoms with E-state index in [4.69, 9.17) is 0 Å². The van der Waals surface area contributed by atoms with E-state index in [1.807, 2.05) is 6.07 Å². The molecule has 2 aromatic rings. The molecule has 1 N–H and O–H groups in total. The number of rotatable bonds is 6. The zero-order valence-electron chi connectivity index (χ0n) is 11.9. The molecule has 21 heavy (non-hydrogen) atoms. The molecule has 1 unspecified atom stereocenters. The lowest BCUT2D eigenvalue weighted by molar-refractivity contribution is 0.461. The van der Waals surface area contributed by atoms with Crippen LogP contribution in [0.4, 0.5) is 13.2 Å². The first-order valence-corrected chi connectivity index (χ1v) is 6.92. The van der Waals surface area contributed by atoms with Crippen LogP contribution in [0.1, 0.15) is 11.1 Å². The molecule has 1 atom stereocenters. The van der Waals surface area contributed by atoms with Crippen LogP contribution < -0.4 is 5.32 Å². The predicted octanol–water partition coefficient (Wildman–Crippen LogP) is 3.72. The van der Waals surface area contributed by atoms with E-state index in [2.05, 4.69) is 5.32 Å². The second-order valence-corrected chi connectivity index (χ2v) is 5.16. The summed E-state index contributed by atoms with van der Waals surface area (Å²) >= 11 is 0. The summed E-state index contributed by atoms with van der Waals surface area (Å²) in [4.78, 5) is 0. The third-order valence-electron chi connectivity index (χ3n) is 3.46. The summed E-state index contributed by atoms with van der Waals surface area (Å²) in [5, 5.41) is 3.02. The van der Waals surface area contributed by atoms with Gasteiger partial charge in [0, 0.05) is 5.56 Å². The minimum absolute atomic E-state index is 0.0109. The average molecular weight is 293 g/mol. The Morgan fingerprint density at radius 3 is 2.24 bits per heavy atom. The summed E-state index contributed by atoms with van der Waals surface area (Å²) in [7, 11) is 1.79. The standard InChI is InChI=1S/C17H18F3N/c1-21-11-13(8-12-4-2-5-14(18)9-12)10-15-16(19)6-3-7-17(15)20/h2-7,9,13,21H,8,10-11H2,1H3. The highest BCUT2D eigenvalue weighted by molar-refractivity contribution is 5.22. The SMILES string of the molecule is CNCC(Cc1cccc(F)c1)Cc1c(F)cccc1F. The Labute approximate surface area is 122 Å². The van der Waals surface area contributed by atoms with Crippen molar-refractivity contribution in [3.63, 3.8) is 0 Å². The van der Waals surface area contributed by atoms with Crippen molar-refractivity contribution in [1.29, 1.82) is 0 Å². The fourth-order valence-corrected chi connectivity index (χ4v) is 2.52. The fourth-order valence-electron chi connectivity index (χ4n) is 2.52. The molecular formula is C17H18F3N. The van der Waals surface area contributed by atoms with Gasteiger partial charge >= 0.3 is 0 Å². The summed E-state index contributed by atoms with van der Waals surface area (Å²) < 4.78 is 40.7. The van der Waals surface area contributed by atoms with E-state index in [9.17, 15) is 13.2 Å². The quantitative estimate of drug-likeness (QED) is 0.856. The van der Waals surface area contributed by atoms with E-state index in [0.717, 1.165) is 5.56 Å². The largest absolute Gasteiger partial charge is 0.319 e. The second kappa shape index (κ2) is 7.27. The van der Waals surface area contributed by atoms with Crippen LogP contribution in [0, 0.1) is 23.4 Å². The first kappa shape index (κ1) is 15.6. The monoisotopic (exact) mass is 293 g/mol. The van der Waals surface area contributed by atoms with Crippen LogP contribution in [-0.2, 0) is 12.8 Å². The molecule has 1 nitrogen and oxygen atoms in total. The second-order valence-electron chi connectivity index (χ2n) is 5.16. The normalized spacial score (nSPS) is 12.4. The minimum Gasteiger partial charge on any atom is -0.319 e. The van der Waals surface area contributed by atoms with Crippen molar-refractivity contribution in [1.82, 2.24) is 5.32 Å². The Hall–Kier alpha value is -1.81. The first-order chi connectivity index (χ1) is 10.1. The number of benzene rings is 2. The van der Waals surface area contributed by atoms with Gasteiger partial charge in [-0.1, -0.05) is 18.2 Å². The van der Waals surface area contributed by atoms with Crippen molar-refractivity contribution in [2.24, 2.45) is 5.92 Å². The summed E-state index contributed by atoms with van der Waals surface area (Å²) in [6.45, 7) is 0.601. The van der Waals surface area contributed by atoms with Crippen molar-refractivity contribution in [2.75, 3.05) is 13.6 Å². The Morgan fingerprint density at radius 2 is 1.62 bits per heavy atom. The van der Waals surface area contributed by atoms with Crippen LogP contribution in [0.5, 0.6) is 0 Å². The first-order valence-electron chi connectivity index (χ1n) is 6.92. The fraction of sp³-hybridized carbons (Fsp3) is 0.294. The summed E-state index contributed by atoms with van der Waals surface area (Å²) in [6.07, 6.45) is 0.836. The molecule has 0 bridgehead atoms. The Morgan fingerprint density at radius 1 is 0.952 bits per heavy atom. The van der Waals surface area contributed by atoms with E-state index in [-0.39, 0.29) is 23.7 Å². The molecule has 0 aliphatic heterocycles. The van der Waals surface area contributed by atoms with Gasteiger partial charge < -0.3 is 5.32 Å². The van der Waals surface area contributed by atoms with Crippen LogP contribution in [0.2, 0.25) is 0 Å². The molecule has 0 saturated carbocycles. The summed E-state index contributed by atoms with van der Waals surface area (Å²) in [5.41, 5.74) is 0.918. The van der Waals surface area contributed by atoms with E-state index >= 15 is 0 Å². The highest BCUT2D eigenvalue weighted by atomic mass is 19.1. The number of hydrogen-bond acceptors (Lipinski definition) is 1. The van der Waals surface area contributed by atoms with Gasteiger partial charge in [0.25, 0.3) is 0 Å². The van der Waals surface area contributed by atoms with Gasteiger partial charge in [-0.3, -0.25) is 0 Å². The molecular weight excluding hydrogens is 275 g/mol. The summed E-state index contributed by atoms with van der Waals surface area (Å²) in [5.74, 6) is -1.37. The number of nitrogens with one attached hydrogen (secondary N) is 1. The average Bonchev–Trinajstić information content (AvgIpc) is 2.43. The van der Waals surface area contributed by atoms with Gasteiger partial charge in [-0.15, -0.1) is 0 Å². The molecule has 0 heterocycles. The Balaban J connectivity index is 2.16. The van der Waals surface area contributed by atoms with E-state index in [1.54, 1.807) is 13.1 Å². The predicted molar refractivity (Wildman–Crippen MR) is 77.6 cm³/mol. The molecule has 0 amide bonds. The van der Waals surface area contributed by atoms with Gasteiger partial charge in [-0.05, 0) is 62.2 Å². The van der Waals surface area contributed by atoms with Gasteiger partial charge in [-0.2, -0.15) is 0 Å². The molecule has 0 fully saturated rings. The molecule has 0 spiro atoms. The highest BCUT2D eigenvalue weighted by Gasteiger charge is 2.16. The lowest BCUT2D eigenvalue weighted by Crippen LogP contribution is -2.23. The van der Waals surface area contributed by atoms with Crippen LogP contribution in [0.3, 0.4) is 0 Å². The van der Waals surface area contributed by atoms with Gasteiger partial charge in [0.2, 0.25) is 0 Å². The lowest BCUT2D eigenvalue weighted by Gasteiger charge is -2.17. The minimum atomic E-state index is -0.532. The highest BCUT2D eigenvalue weighted by Crippen LogP contribution is 2.20. The Bertz CT molecular complexity index is 578. The summed E-state index contributed by atoms with van der Waals surface area (Å²) in [6, 6.07) is 10.2. The molecule has 0 saturated heterocycles. The topological polar surface area (TPSA) is 12.0 Å². The maximum Gasteiger partial charge on any atom is 0.129 e. The molecule has 2 rings (SSSR count). The lowest BCUT2D eigenvalue weighted by atomic mass is 9.92. The molecule has 2 aromatic carbocycles. The maximum atomic E-state index is 13.7. The zero-order chi connectivity index (χ0) is 15.2. The number of hydrogen-bond donors (Lipinski definition) is 1. The third kappa shape index (κ3) is 4.33. The third-order valence-corrected chi connectivity index (χ3v) is 3.46. The molecule has 4 heteroatoms. The maximum absolute atomic E-state index is 13.7. The van der Waals surface area contributed by atoms with Crippen LogP contribution >= 0.6 is 0 Å². The Kier molecular flexibility index (Phi) is 5.39. The van der Waals surface area contributed by atoms with Crippen molar-refractivity contribution in [2.45, 2.75) is 12.8 Å². The van der Waals surface area contributed by atoms with Crippen molar-refractivity contribution >= 4 is 0 Å². The van der Waals surface area contributed by atoms with Gasteiger partial charge in [-0.25, -0.2) is 13.2 Å². The molecule has 0 aliphatic rings. The number of halogens is 3. The van der Waals surface area contributed by atoms with Gasteiger partial charge in [0.1, 0.15) is 17.5 Å². The van der Waals surface area contributed by atoms with E-state index in [0.29, 0.717) is 13.0 Å². The molecule has 0 aromatic heterocycles. The molecule has 0 radical (unpaired) electrons. The smallest absolute Gasteiger partial charge is 0.129 e. The van der Waals surface area contributed by atoms with Gasteiger partial charge in [0.05, 0.1) is 0 Å². The van der Waals surface area contributed by atoms with Crippen molar-refractivity contribution in [3.05, 3.63) is 71.0 Å². The zero-order valence-corrected chi connectivity index (χ0v) is 11.9. The molecule has 112 valence electrons. The van der Waals surface area contributed by atoms with Crippen LogP contribution in [0.15, 0.2) is 42.5 Å². The van der Waals surface area contributed by atoms with E-state index < -0.39 is 11.6 Å². The van der Waals surface area contributed by atoms with Crippen LogP contribution in [-0.4, -0.2) is 13.6 Å². The molecule has 0 aliphatic carbocycles. The van der Waals surface area contributed by atoms with E-state index in [1.165, 1.54) is 30.3 Å². The van der Waals surface area contributed by atoms with Gasteiger partial charge in [0.15, 0.2) is 0 Å².